The first-order valence-corrected chi connectivity index (χ1v) is 8.31. The summed E-state index contributed by atoms with van der Waals surface area (Å²) in [5, 5.41) is 10.1. The first-order chi connectivity index (χ1) is 3.98. The second kappa shape index (κ2) is 3.63. The van der Waals surface area contributed by atoms with E-state index in [0.29, 0.717) is 6.61 Å². The summed E-state index contributed by atoms with van der Waals surface area (Å²) in [6.07, 6.45) is 0. The van der Waals surface area contributed by atoms with E-state index in [1.54, 1.807) is 0 Å². The van der Waals surface area contributed by atoms with E-state index in [9.17, 15) is 0 Å². The Morgan fingerprint density at radius 1 is 1.33 bits per heavy atom. The Labute approximate surface area is 62.7 Å². The Kier molecular flexibility index (Phi) is 3.84. The van der Waals surface area contributed by atoms with Crippen LogP contribution in [0.4, 0.5) is 0 Å². The number of aliphatic hydroxyl groups is 1. The van der Waals surface area contributed by atoms with Crippen molar-refractivity contribution in [1.82, 2.24) is 0 Å². The van der Waals surface area contributed by atoms with Crippen molar-refractivity contribution in [3.05, 3.63) is 0 Å². The van der Waals surface area contributed by atoms with Gasteiger partial charge in [-0.05, 0) is 0 Å². The monoisotopic (exact) mass is 192 g/mol. The molecular weight excluding hydrogens is 175 g/mol. The van der Waals surface area contributed by atoms with Gasteiger partial charge in [0.25, 0.3) is 0 Å². The van der Waals surface area contributed by atoms with Gasteiger partial charge in [0.2, 0.25) is 0 Å². The summed E-state index contributed by atoms with van der Waals surface area (Å²) in [7, 11) is 0. The maximum absolute atomic E-state index is 8.87. The van der Waals surface area contributed by atoms with E-state index >= 15 is 0 Å². The first-order valence-electron chi connectivity index (χ1n) is 3.23. The van der Waals surface area contributed by atoms with E-state index in [1.807, 2.05) is 0 Å². The van der Waals surface area contributed by atoms with Crippen LogP contribution < -0.4 is 0 Å². The van der Waals surface area contributed by atoms with Crippen LogP contribution in [0.5, 0.6) is 0 Å². The molecule has 1 N–H and O–H groups in total. The summed E-state index contributed by atoms with van der Waals surface area (Å²) in [4.78, 5) is 0. The van der Waals surface area contributed by atoms with Crippen molar-refractivity contribution in [2.75, 3.05) is 6.61 Å². The molecule has 0 rings (SSSR count). The van der Waals surface area contributed by atoms with Crippen molar-refractivity contribution in [3.63, 3.8) is 0 Å². The van der Waals surface area contributed by atoms with Gasteiger partial charge in [-0.15, -0.1) is 0 Å². The van der Waals surface area contributed by atoms with Gasteiger partial charge in [-0.25, -0.2) is 0 Å². The molecule has 0 aromatic rings. The molecule has 0 saturated carbocycles. The topological polar surface area (TPSA) is 20.2 Å². The predicted octanol–water partition coefficient (Wildman–Crippen LogP) is 1.76. The fourth-order valence-corrected chi connectivity index (χ4v) is 4.71. The van der Waals surface area contributed by atoms with Crippen molar-refractivity contribution >= 4 is 14.7 Å². The summed E-state index contributed by atoms with van der Waals surface area (Å²) in [5.74, 6) is 0. The number of hydrogen-bond donors (Lipinski definition) is 1. The molecule has 2 heteroatoms. The van der Waals surface area contributed by atoms with E-state index in [2.05, 4.69) is 25.3 Å². The minimum absolute atomic E-state index is 0.184. The van der Waals surface area contributed by atoms with Crippen molar-refractivity contribution in [2.45, 2.75) is 30.5 Å². The van der Waals surface area contributed by atoms with Crippen molar-refractivity contribution in [1.29, 1.82) is 0 Å². The Bertz CT molecular complexity index is 79.0. The molecule has 1 nitrogen and oxygen atoms in total. The fourth-order valence-electron chi connectivity index (χ4n) is 0.906. The number of rotatable bonds is 3. The second-order valence-electron chi connectivity index (χ2n) is 3.56. The summed E-state index contributed by atoms with van der Waals surface area (Å²) >= 11 is -0.531. The quantitative estimate of drug-likeness (QED) is 0.675. The molecule has 0 saturated heterocycles. The normalized spacial score (nSPS) is 12.7. The van der Waals surface area contributed by atoms with Gasteiger partial charge in [0.15, 0.2) is 0 Å². The zero-order chi connectivity index (χ0) is 7.49. The molecule has 0 atom stereocenters. The third-order valence-corrected chi connectivity index (χ3v) is 4.30. The molecule has 0 aromatic heterocycles. The predicted molar refractivity (Wildman–Crippen MR) is 43.2 cm³/mol. The summed E-state index contributed by atoms with van der Waals surface area (Å²) in [5.41, 5.74) is 4.83. The zero-order valence-corrected chi connectivity index (χ0v) is 8.69. The summed E-state index contributed by atoms with van der Waals surface area (Å²) in [6, 6.07) is 0. The van der Waals surface area contributed by atoms with Crippen LogP contribution in [0.3, 0.4) is 0 Å². The van der Waals surface area contributed by atoms with Gasteiger partial charge in [0.05, 0.1) is 0 Å². The van der Waals surface area contributed by atoms with E-state index in [4.69, 9.17) is 5.11 Å². The van der Waals surface area contributed by atoms with Gasteiger partial charge in [-0.1, -0.05) is 0 Å². The molecule has 0 heterocycles. The van der Waals surface area contributed by atoms with Gasteiger partial charge in [-0.3, -0.25) is 0 Å². The third-order valence-electron chi connectivity index (χ3n) is 1.17. The molecular formula is C7H17AsO. The molecule has 0 fully saturated rings. The summed E-state index contributed by atoms with van der Waals surface area (Å²) in [6.45, 7) is 4.59. The Morgan fingerprint density at radius 2 is 1.78 bits per heavy atom. The van der Waals surface area contributed by atoms with Crippen LogP contribution in [0, 0.1) is 5.41 Å². The molecule has 56 valence electrons. The van der Waals surface area contributed by atoms with Crippen LogP contribution in [-0.2, 0) is 0 Å². The molecule has 0 aliphatic rings. The first kappa shape index (κ1) is 9.52. The maximum atomic E-state index is 8.87. The molecule has 0 radical (unpaired) electrons. The van der Waals surface area contributed by atoms with Crippen LogP contribution in [0.25, 0.3) is 0 Å². The minimum atomic E-state index is -0.531. The van der Waals surface area contributed by atoms with Gasteiger partial charge < -0.3 is 0 Å². The van der Waals surface area contributed by atoms with Crippen molar-refractivity contribution in [3.8, 4) is 0 Å². The fraction of sp³-hybridized carbons (Fsp3) is 1.00. The molecule has 0 aliphatic heterocycles. The molecule has 0 aromatic carbocycles. The molecule has 0 aliphatic carbocycles. The van der Waals surface area contributed by atoms with Crippen LogP contribution >= 0.6 is 0 Å². The number of hydrogen-bond acceptors (Lipinski definition) is 1. The molecule has 0 spiro atoms. The SMILES string of the molecule is C[As](C)CC(C)(C)CO. The van der Waals surface area contributed by atoms with Gasteiger partial charge in [0.1, 0.15) is 0 Å². The van der Waals surface area contributed by atoms with Gasteiger partial charge >= 0.3 is 62.3 Å². The number of aliphatic hydroxyl groups excluding tert-OH is 1. The molecule has 0 unspecified atom stereocenters. The average molecular weight is 192 g/mol. The van der Waals surface area contributed by atoms with Crippen LogP contribution in [0.15, 0.2) is 0 Å². The molecule has 0 bridgehead atoms. The van der Waals surface area contributed by atoms with Crippen LogP contribution in [0.1, 0.15) is 13.8 Å². The Hall–Kier alpha value is 0.518. The van der Waals surface area contributed by atoms with E-state index in [1.165, 1.54) is 5.21 Å². The average Bonchev–Trinajstić information content (AvgIpc) is 1.63. The van der Waals surface area contributed by atoms with Gasteiger partial charge in [0, 0.05) is 0 Å². The van der Waals surface area contributed by atoms with Gasteiger partial charge in [-0.2, -0.15) is 0 Å². The zero-order valence-electron chi connectivity index (χ0n) is 6.81. The third kappa shape index (κ3) is 4.99. The molecule has 9 heavy (non-hydrogen) atoms. The van der Waals surface area contributed by atoms with Crippen molar-refractivity contribution < 1.29 is 5.11 Å². The van der Waals surface area contributed by atoms with Crippen LogP contribution in [-0.4, -0.2) is 26.4 Å². The second-order valence-corrected chi connectivity index (χ2v) is 8.75. The van der Waals surface area contributed by atoms with Crippen LogP contribution in [0.2, 0.25) is 16.6 Å². The summed E-state index contributed by atoms with van der Waals surface area (Å²) < 4.78 is 0. The van der Waals surface area contributed by atoms with Crippen molar-refractivity contribution in [2.24, 2.45) is 5.41 Å². The van der Waals surface area contributed by atoms with E-state index in [0.717, 1.165) is 0 Å². The van der Waals surface area contributed by atoms with E-state index < -0.39 is 14.7 Å². The Balaban J connectivity index is 3.58. The molecule has 0 amide bonds. The van der Waals surface area contributed by atoms with E-state index in [-0.39, 0.29) is 5.41 Å². The standard InChI is InChI=1S/C7H17AsO/c1-7(2,6-9)5-8(3)4/h9H,5-6H2,1-4H3. The Morgan fingerprint density at radius 3 is 1.89 bits per heavy atom.